The summed E-state index contributed by atoms with van der Waals surface area (Å²) >= 11 is 0. The van der Waals surface area contributed by atoms with E-state index >= 15 is 0 Å². The van der Waals surface area contributed by atoms with Crippen molar-refractivity contribution in [2.45, 2.75) is 45.6 Å². The summed E-state index contributed by atoms with van der Waals surface area (Å²) in [4.78, 5) is 25.9. The number of aliphatic carboxylic acids is 1. The molecule has 3 rings (SSSR count). The number of likely N-dealkylation sites (tertiary alicyclic amines) is 1. The molecule has 0 bridgehead atoms. The first-order chi connectivity index (χ1) is 12.2. The van der Waals surface area contributed by atoms with Crippen molar-refractivity contribution in [3.63, 3.8) is 0 Å². The highest BCUT2D eigenvalue weighted by Crippen LogP contribution is 2.30. The molecular weight excluding hydrogens is 337 g/mol. The number of halogens is 1. The van der Waals surface area contributed by atoms with Crippen LogP contribution in [0.5, 0.6) is 0 Å². The largest absolute Gasteiger partial charge is 0.480 e. The van der Waals surface area contributed by atoms with E-state index in [1.807, 2.05) is 13.8 Å². The van der Waals surface area contributed by atoms with Crippen molar-refractivity contribution in [2.75, 3.05) is 6.54 Å². The zero-order chi connectivity index (χ0) is 19.1. The van der Waals surface area contributed by atoms with Gasteiger partial charge in [0.1, 0.15) is 11.4 Å². The zero-order valence-electron chi connectivity index (χ0n) is 15.1. The van der Waals surface area contributed by atoms with E-state index < -0.39 is 11.5 Å². The summed E-state index contributed by atoms with van der Waals surface area (Å²) in [7, 11) is 0. The molecule has 0 aliphatic carbocycles. The van der Waals surface area contributed by atoms with Gasteiger partial charge in [-0.2, -0.15) is 5.10 Å². The SMILES string of the molecule is Cc1nn(-c2ccc(F)cc2)c(C)c1CC(=O)N1CCCC1(C)C(=O)O. The number of benzene rings is 1. The molecule has 2 aromatic rings. The molecule has 1 saturated heterocycles. The third kappa shape index (κ3) is 2.98. The summed E-state index contributed by atoms with van der Waals surface area (Å²) in [6.45, 7) is 5.72. The minimum atomic E-state index is -1.15. The van der Waals surface area contributed by atoms with Gasteiger partial charge in [-0.1, -0.05) is 0 Å². The summed E-state index contributed by atoms with van der Waals surface area (Å²) in [5.41, 5.74) is 1.84. The summed E-state index contributed by atoms with van der Waals surface area (Å²) in [5, 5.41) is 14.0. The maximum Gasteiger partial charge on any atom is 0.329 e. The van der Waals surface area contributed by atoms with Gasteiger partial charge in [-0.15, -0.1) is 0 Å². The van der Waals surface area contributed by atoms with Crippen molar-refractivity contribution in [1.29, 1.82) is 0 Å². The van der Waals surface area contributed by atoms with Crippen LogP contribution >= 0.6 is 0 Å². The normalized spacial score (nSPS) is 19.8. The molecule has 2 heterocycles. The van der Waals surface area contributed by atoms with Gasteiger partial charge in [0.25, 0.3) is 0 Å². The number of amides is 1. The van der Waals surface area contributed by atoms with Crippen molar-refractivity contribution in [2.24, 2.45) is 0 Å². The van der Waals surface area contributed by atoms with E-state index in [4.69, 9.17) is 0 Å². The number of rotatable bonds is 4. The van der Waals surface area contributed by atoms with Gasteiger partial charge in [0.2, 0.25) is 5.91 Å². The number of aryl methyl sites for hydroxylation is 1. The molecule has 0 radical (unpaired) electrons. The van der Waals surface area contributed by atoms with Crippen molar-refractivity contribution >= 4 is 11.9 Å². The van der Waals surface area contributed by atoms with E-state index in [-0.39, 0.29) is 18.1 Å². The van der Waals surface area contributed by atoms with E-state index in [0.29, 0.717) is 30.8 Å². The summed E-state index contributed by atoms with van der Waals surface area (Å²) in [5.74, 6) is -1.51. The number of nitrogens with zero attached hydrogens (tertiary/aromatic N) is 3. The Labute approximate surface area is 151 Å². The lowest BCUT2D eigenvalue weighted by atomic mass is 9.98. The number of carbonyl (C=O) groups is 2. The molecule has 1 atom stereocenters. The minimum Gasteiger partial charge on any atom is -0.480 e. The Morgan fingerprint density at radius 3 is 2.54 bits per heavy atom. The first-order valence-corrected chi connectivity index (χ1v) is 8.59. The smallest absolute Gasteiger partial charge is 0.329 e. The molecule has 26 heavy (non-hydrogen) atoms. The predicted molar refractivity (Wildman–Crippen MR) is 93.7 cm³/mol. The molecule has 1 aromatic carbocycles. The van der Waals surface area contributed by atoms with Crippen LogP contribution in [-0.2, 0) is 16.0 Å². The quantitative estimate of drug-likeness (QED) is 0.911. The lowest BCUT2D eigenvalue weighted by molar-refractivity contribution is -0.155. The zero-order valence-corrected chi connectivity index (χ0v) is 15.1. The number of carbonyl (C=O) groups excluding carboxylic acids is 1. The van der Waals surface area contributed by atoms with Crippen LogP contribution in [0.25, 0.3) is 5.69 Å². The Morgan fingerprint density at radius 1 is 1.27 bits per heavy atom. The van der Waals surface area contributed by atoms with Gasteiger partial charge in [0, 0.05) is 17.8 Å². The average Bonchev–Trinajstić information content (AvgIpc) is 3.12. The molecule has 0 saturated carbocycles. The van der Waals surface area contributed by atoms with Crippen LogP contribution in [0.4, 0.5) is 4.39 Å². The monoisotopic (exact) mass is 359 g/mol. The molecular formula is C19H22FN3O3. The van der Waals surface area contributed by atoms with E-state index in [2.05, 4.69) is 5.10 Å². The summed E-state index contributed by atoms with van der Waals surface area (Å²) < 4.78 is 14.8. The third-order valence-corrected chi connectivity index (χ3v) is 5.24. The fourth-order valence-electron chi connectivity index (χ4n) is 3.60. The van der Waals surface area contributed by atoms with Gasteiger partial charge in [-0.05, 0) is 57.9 Å². The van der Waals surface area contributed by atoms with Gasteiger partial charge in [0.05, 0.1) is 17.8 Å². The first kappa shape index (κ1) is 18.1. The lowest BCUT2D eigenvalue weighted by Crippen LogP contribution is -2.51. The van der Waals surface area contributed by atoms with E-state index in [1.54, 1.807) is 23.7 Å². The van der Waals surface area contributed by atoms with E-state index in [9.17, 15) is 19.1 Å². The van der Waals surface area contributed by atoms with Crippen molar-refractivity contribution in [1.82, 2.24) is 14.7 Å². The fourth-order valence-corrected chi connectivity index (χ4v) is 3.60. The Hall–Kier alpha value is -2.70. The maximum atomic E-state index is 13.1. The fraction of sp³-hybridized carbons (Fsp3) is 0.421. The Morgan fingerprint density at radius 2 is 1.92 bits per heavy atom. The number of hydrogen-bond donors (Lipinski definition) is 1. The van der Waals surface area contributed by atoms with Crippen LogP contribution in [0.1, 0.15) is 36.7 Å². The minimum absolute atomic E-state index is 0.0989. The Kier molecular flexibility index (Phi) is 4.56. The standard InChI is InChI=1S/C19H22FN3O3/c1-12-16(11-17(24)22-10-4-9-19(22,3)18(25)26)13(2)23(21-12)15-7-5-14(20)6-8-15/h5-8H,4,9-11H2,1-3H3,(H,25,26). The predicted octanol–water partition coefficient (Wildman–Crippen LogP) is 2.64. The number of carboxylic acids is 1. The van der Waals surface area contributed by atoms with Gasteiger partial charge >= 0.3 is 5.97 Å². The van der Waals surface area contributed by atoms with Crippen LogP contribution in [0.15, 0.2) is 24.3 Å². The highest BCUT2D eigenvalue weighted by molar-refractivity contribution is 5.88. The Bertz CT molecular complexity index is 860. The van der Waals surface area contributed by atoms with Gasteiger partial charge in [-0.3, -0.25) is 4.79 Å². The lowest BCUT2D eigenvalue weighted by Gasteiger charge is -2.31. The molecule has 1 aliphatic rings. The van der Waals surface area contributed by atoms with Crippen LogP contribution in [-0.4, -0.2) is 43.7 Å². The second-order valence-corrected chi connectivity index (χ2v) is 6.94. The molecule has 1 amide bonds. The first-order valence-electron chi connectivity index (χ1n) is 8.59. The van der Waals surface area contributed by atoms with Crippen molar-refractivity contribution in [3.05, 3.63) is 47.0 Å². The van der Waals surface area contributed by atoms with Gasteiger partial charge in [-0.25, -0.2) is 13.9 Å². The second-order valence-electron chi connectivity index (χ2n) is 6.94. The van der Waals surface area contributed by atoms with Crippen molar-refractivity contribution in [3.8, 4) is 5.69 Å². The van der Waals surface area contributed by atoms with Crippen LogP contribution < -0.4 is 0 Å². The molecule has 1 aliphatic heterocycles. The second kappa shape index (κ2) is 6.55. The number of hydrogen-bond acceptors (Lipinski definition) is 3. The molecule has 0 spiro atoms. The highest BCUT2D eigenvalue weighted by atomic mass is 19.1. The topological polar surface area (TPSA) is 75.4 Å². The molecule has 138 valence electrons. The van der Waals surface area contributed by atoms with Crippen molar-refractivity contribution < 1.29 is 19.1 Å². The van der Waals surface area contributed by atoms with E-state index in [0.717, 1.165) is 11.3 Å². The number of carboxylic acid groups (broad SMARTS) is 1. The van der Waals surface area contributed by atoms with Crippen LogP contribution in [0.2, 0.25) is 0 Å². The van der Waals surface area contributed by atoms with Gasteiger partial charge < -0.3 is 10.0 Å². The molecule has 1 N–H and O–H groups in total. The molecule has 6 nitrogen and oxygen atoms in total. The summed E-state index contributed by atoms with van der Waals surface area (Å²) in [6, 6.07) is 5.98. The summed E-state index contributed by atoms with van der Waals surface area (Å²) in [6.07, 6.45) is 1.24. The molecule has 7 heteroatoms. The third-order valence-electron chi connectivity index (χ3n) is 5.24. The average molecular weight is 359 g/mol. The highest BCUT2D eigenvalue weighted by Gasteiger charge is 2.45. The van der Waals surface area contributed by atoms with Crippen LogP contribution in [0.3, 0.4) is 0 Å². The van der Waals surface area contributed by atoms with Gasteiger partial charge in [0.15, 0.2) is 0 Å². The number of aromatic nitrogens is 2. The Balaban J connectivity index is 1.88. The molecule has 1 aromatic heterocycles. The maximum absolute atomic E-state index is 13.1. The van der Waals surface area contributed by atoms with Crippen LogP contribution in [0, 0.1) is 19.7 Å². The van der Waals surface area contributed by atoms with E-state index in [1.165, 1.54) is 17.0 Å². The molecule has 1 fully saturated rings. The molecule has 1 unspecified atom stereocenters.